The minimum atomic E-state index is -0.651. The Balaban J connectivity index is 1.89. The summed E-state index contributed by atoms with van der Waals surface area (Å²) < 4.78 is 5.12. The minimum absolute atomic E-state index is 0.185. The normalized spacial score (nSPS) is 47.2. The number of hydrogen-bond donors (Lipinski definition) is 2. The number of rotatable bonds is 3. The lowest BCUT2D eigenvalue weighted by Gasteiger charge is -2.19. The molecule has 2 fully saturated rings. The van der Waals surface area contributed by atoms with E-state index < -0.39 is 6.29 Å². The third-order valence-electron chi connectivity index (χ3n) is 3.15. The molecule has 2 aliphatic rings. The van der Waals surface area contributed by atoms with Gasteiger partial charge >= 0.3 is 0 Å². The van der Waals surface area contributed by atoms with Crippen molar-refractivity contribution in [1.82, 2.24) is 0 Å². The average Bonchev–Trinajstić information content (AvgIpc) is 2.74. The second-order valence-electron chi connectivity index (χ2n) is 3.88. The van der Waals surface area contributed by atoms with Gasteiger partial charge < -0.3 is 14.9 Å². The van der Waals surface area contributed by atoms with Crippen molar-refractivity contribution < 1.29 is 14.9 Å². The van der Waals surface area contributed by atoms with E-state index in [4.69, 9.17) is 4.74 Å². The van der Waals surface area contributed by atoms with Crippen LogP contribution >= 0.6 is 0 Å². The maximum atomic E-state index is 9.53. The summed E-state index contributed by atoms with van der Waals surface area (Å²) >= 11 is 0. The van der Waals surface area contributed by atoms with Gasteiger partial charge in [-0.25, -0.2) is 0 Å². The maximum Gasteiger partial charge on any atom is 0.157 e. The van der Waals surface area contributed by atoms with Crippen LogP contribution in [0.15, 0.2) is 0 Å². The highest BCUT2D eigenvalue weighted by Crippen LogP contribution is 2.56. The van der Waals surface area contributed by atoms with E-state index in [1.54, 1.807) is 0 Å². The molecule has 2 N–H and O–H groups in total. The summed E-state index contributed by atoms with van der Waals surface area (Å²) in [4.78, 5) is 0. The molecule has 3 unspecified atom stereocenters. The highest BCUT2D eigenvalue weighted by molar-refractivity contribution is 5.03. The minimum Gasteiger partial charge on any atom is -0.393 e. The quantitative estimate of drug-likeness (QED) is 0.604. The lowest BCUT2D eigenvalue weighted by atomic mass is 10.0. The molecule has 0 radical (unpaired) electrons. The van der Waals surface area contributed by atoms with Gasteiger partial charge in [0.1, 0.15) is 0 Å². The smallest absolute Gasteiger partial charge is 0.157 e. The molecule has 70 valence electrons. The summed E-state index contributed by atoms with van der Waals surface area (Å²) in [7, 11) is 0. The van der Waals surface area contributed by atoms with Gasteiger partial charge in [0, 0.05) is 12.5 Å². The van der Waals surface area contributed by atoms with E-state index in [2.05, 4.69) is 0 Å². The fourth-order valence-corrected chi connectivity index (χ4v) is 2.42. The second kappa shape index (κ2) is 2.98. The molecule has 0 bridgehead atoms. The SMILES string of the molecule is CCOC(O)[C@@H]1CC(O)[C@@H]2CC21. The lowest BCUT2D eigenvalue weighted by molar-refractivity contribution is -0.136. The van der Waals surface area contributed by atoms with Crippen LogP contribution < -0.4 is 0 Å². The molecule has 3 nitrogen and oxygen atoms in total. The molecule has 0 saturated heterocycles. The van der Waals surface area contributed by atoms with Gasteiger partial charge in [0.15, 0.2) is 6.29 Å². The molecule has 0 spiro atoms. The van der Waals surface area contributed by atoms with Gasteiger partial charge in [0.05, 0.1) is 6.10 Å². The van der Waals surface area contributed by atoms with E-state index in [9.17, 15) is 10.2 Å². The molecule has 2 aliphatic carbocycles. The topological polar surface area (TPSA) is 49.7 Å². The van der Waals surface area contributed by atoms with Crippen LogP contribution in [0.4, 0.5) is 0 Å². The molecular weight excluding hydrogens is 156 g/mol. The van der Waals surface area contributed by atoms with E-state index in [-0.39, 0.29) is 12.0 Å². The Kier molecular flexibility index (Phi) is 2.10. The largest absolute Gasteiger partial charge is 0.393 e. The van der Waals surface area contributed by atoms with Crippen LogP contribution in [0.25, 0.3) is 0 Å². The second-order valence-corrected chi connectivity index (χ2v) is 3.88. The van der Waals surface area contributed by atoms with E-state index >= 15 is 0 Å². The van der Waals surface area contributed by atoms with Crippen molar-refractivity contribution in [3.63, 3.8) is 0 Å². The zero-order valence-corrected chi connectivity index (χ0v) is 7.31. The first-order chi connectivity index (χ1) is 5.74. The maximum absolute atomic E-state index is 9.53. The average molecular weight is 172 g/mol. The van der Waals surface area contributed by atoms with E-state index in [0.717, 1.165) is 12.8 Å². The third kappa shape index (κ3) is 1.26. The number of aliphatic hydroxyl groups excluding tert-OH is 2. The van der Waals surface area contributed by atoms with Crippen LogP contribution in [0.3, 0.4) is 0 Å². The van der Waals surface area contributed by atoms with E-state index in [0.29, 0.717) is 18.4 Å². The fraction of sp³-hybridized carbons (Fsp3) is 1.00. The number of fused-ring (bicyclic) bond motifs is 1. The molecule has 0 aromatic heterocycles. The number of ether oxygens (including phenoxy) is 1. The van der Waals surface area contributed by atoms with Crippen LogP contribution in [-0.4, -0.2) is 29.2 Å². The summed E-state index contributed by atoms with van der Waals surface area (Å²) in [5.74, 6) is 1.18. The van der Waals surface area contributed by atoms with Gasteiger partial charge in [-0.05, 0) is 31.6 Å². The van der Waals surface area contributed by atoms with Gasteiger partial charge in [0.2, 0.25) is 0 Å². The third-order valence-corrected chi connectivity index (χ3v) is 3.15. The summed E-state index contributed by atoms with van der Waals surface area (Å²) in [5.41, 5.74) is 0. The van der Waals surface area contributed by atoms with Crippen molar-refractivity contribution in [1.29, 1.82) is 0 Å². The summed E-state index contributed by atoms with van der Waals surface area (Å²) in [6.45, 7) is 2.42. The summed E-state index contributed by atoms with van der Waals surface area (Å²) in [6.07, 6.45) is 0.962. The molecule has 0 heterocycles. The number of hydrogen-bond acceptors (Lipinski definition) is 3. The molecule has 0 amide bonds. The molecule has 2 rings (SSSR count). The Morgan fingerprint density at radius 3 is 2.58 bits per heavy atom. The van der Waals surface area contributed by atoms with E-state index in [1.807, 2.05) is 6.92 Å². The molecule has 12 heavy (non-hydrogen) atoms. The van der Waals surface area contributed by atoms with Crippen LogP contribution in [0.5, 0.6) is 0 Å². The zero-order valence-electron chi connectivity index (χ0n) is 7.31. The van der Waals surface area contributed by atoms with Gasteiger partial charge in [-0.15, -0.1) is 0 Å². The van der Waals surface area contributed by atoms with Crippen molar-refractivity contribution in [3.8, 4) is 0 Å². The Morgan fingerprint density at radius 1 is 1.42 bits per heavy atom. The Labute approximate surface area is 72.3 Å². The van der Waals surface area contributed by atoms with Crippen molar-refractivity contribution in [2.45, 2.75) is 32.2 Å². The van der Waals surface area contributed by atoms with E-state index in [1.165, 1.54) is 0 Å². The molecule has 2 saturated carbocycles. The predicted molar refractivity (Wildman–Crippen MR) is 43.3 cm³/mol. The molecular formula is C9H16O3. The fourth-order valence-electron chi connectivity index (χ4n) is 2.42. The molecule has 0 aliphatic heterocycles. The highest BCUT2D eigenvalue weighted by Gasteiger charge is 2.55. The highest BCUT2D eigenvalue weighted by atomic mass is 16.6. The van der Waals surface area contributed by atoms with Crippen LogP contribution in [0, 0.1) is 17.8 Å². The van der Waals surface area contributed by atoms with Crippen molar-refractivity contribution in [2.24, 2.45) is 17.8 Å². The number of aliphatic hydroxyl groups is 2. The molecule has 3 heteroatoms. The van der Waals surface area contributed by atoms with Crippen LogP contribution in [0.1, 0.15) is 19.8 Å². The van der Waals surface area contributed by atoms with Gasteiger partial charge in [-0.2, -0.15) is 0 Å². The Hall–Kier alpha value is -0.120. The molecule has 0 aromatic carbocycles. The van der Waals surface area contributed by atoms with Crippen LogP contribution in [0.2, 0.25) is 0 Å². The van der Waals surface area contributed by atoms with Gasteiger partial charge in [0.25, 0.3) is 0 Å². The molecule has 5 atom stereocenters. The van der Waals surface area contributed by atoms with Crippen molar-refractivity contribution in [2.75, 3.05) is 6.61 Å². The van der Waals surface area contributed by atoms with Gasteiger partial charge in [-0.3, -0.25) is 0 Å². The molecule has 0 aromatic rings. The monoisotopic (exact) mass is 172 g/mol. The summed E-state index contributed by atoms with van der Waals surface area (Å²) in [5, 5.41) is 19.0. The Bertz CT molecular complexity index is 171. The first-order valence-electron chi connectivity index (χ1n) is 4.71. The lowest BCUT2D eigenvalue weighted by Crippen LogP contribution is -2.25. The van der Waals surface area contributed by atoms with Crippen molar-refractivity contribution >= 4 is 0 Å². The zero-order chi connectivity index (χ0) is 8.72. The Morgan fingerprint density at radius 2 is 2.17 bits per heavy atom. The summed E-state index contributed by atoms with van der Waals surface area (Å²) in [6, 6.07) is 0. The van der Waals surface area contributed by atoms with Crippen LogP contribution in [-0.2, 0) is 4.74 Å². The first kappa shape index (κ1) is 8.48. The predicted octanol–water partition coefficient (Wildman–Crippen LogP) is 0.358. The first-order valence-corrected chi connectivity index (χ1v) is 4.71. The standard InChI is InChI=1S/C9H16O3/c1-2-12-9(11)7-4-8(10)6-3-5(6)7/h5-11H,2-4H2,1H3/t5?,6-,7-,8?,9?/m1/s1. The van der Waals surface area contributed by atoms with Crippen molar-refractivity contribution in [3.05, 3.63) is 0 Å². The van der Waals surface area contributed by atoms with Gasteiger partial charge in [-0.1, -0.05) is 0 Å².